The van der Waals surface area contributed by atoms with Gasteiger partial charge in [-0.1, -0.05) is 13.8 Å². The number of nitrogens with zero attached hydrogens (tertiary/aromatic N) is 2. The number of rotatable bonds is 5. The molecule has 0 heterocycles. The Morgan fingerprint density at radius 3 is 2.63 bits per heavy atom. The van der Waals surface area contributed by atoms with Crippen LogP contribution in [-0.4, -0.2) is 22.7 Å². The molecule has 0 amide bonds. The zero-order chi connectivity index (χ0) is 14.6. The zero-order valence-electron chi connectivity index (χ0n) is 10.6. The summed E-state index contributed by atoms with van der Waals surface area (Å²) >= 11 is 0. The molecule has 0 aliphatic heterocycles. The molecular formula is C12H14FN3O3. The van der Waals surface area contributed by atoms with Crippen molar-refractivity contribution in [3.8, 4) is 6.07 Å². The normalized spacial score (nSPS) is 12.0. The van der Waals surface area contributed by atoms with E-state index in [1.54, 1.807) is 19.9 Å². The van der Waals surface area contributed by atoms with E-state index in [1.807, 2.05) is 0 Å². The van der Waals surface area contributed by atoms with Gasteiger partial charge in [0.1, 0.15) is 5.69 Å². The summed E-state index contributed by atoms with van der Waals surface area (Å²) < 4.78 is 13.8. The number of aliphatic hydroxyl groups excluding tert-OH is 1. The third kappa shape index (κ3) is 3.39. The van der Waals surface area contributed by atoms with Crippen molar-refractivity contribution in [3.63, 3.8) is 0 Å². The number of nitrogens with one attached hydrogen (secondary N) is 1. The van der Waals surface area contributed by atoms with Gasteiger partial charge in [0, 0.05) is 6.07 Å². The first-order chi connectivity index (χ1) is 8.90. The second-order valence-corrected chi connectivity index (χ2v) is 4.40. The van der Waals surface area contributed by atoms with E-state index < -0.39 is 22.5 Å². The lowest BCUT2D eigenvalue weighted by Gasteiger charge is -2.21. The van der Waals surface area contributed by atoms with Crippen LogP contribution in [0.5, 0.6) is 0 Å². The van der Waals surface area contributed by atoms with Gasteiger partial charge in [0.25, 0.3) is 5.69 Å². The summed E-state index contributed by atoms with van der Waals surface area (Å²) in [5, 5.41) is 31.4. The number of hydrogen-bond donors (Lipinski definition) is 2. The number of hydrogen-bond acceptors (Lipinski definition) is 5. The van der Waals surface area contributed by atoms with Crippen molar-refractivity contribution in [1.29, 1.82) is 5.26 Å². The van der Waals surface area contributed by atoms with Crippen LogP contribution < -0.4 is 5.32 Å². The summed E-state index contributed by atoms with van der Waals surface area (Å²) in [7, 11) is 0. The van der Waals surface area contributed by atoms with Gasteiger partial charge in [0.15, 0.2) is 5.82 Å². The van der Waals surface area contributed by atoms with E-state index in [9.17, 15) is 19.6 Å². The predicted molar refractivity (Wildman–Crippen MR) is 67.1 cm³/mol. The Kier molecular flexibility index (Phi) is 4.78. The number of benzene rings is 1. The topological polar surface area (TPSA) is 99.2 Å². The average molecular weight is 267 g/mol. The molecule has 2 N–H and O–H groups in total. The van der Waals surface area contributed by atoms with Crippen LogP contribution in [-0.2, 0) is 0 Å². The maximum Gasteiger partial charge on any atom is 0.296 e. The lowest BCUT2D eigenvalue weighted by molar-refractivity contribution is -0.384. The van der Waals surface area contributed by atoms with Gasteiger partial charge in [0.05, 0.1) is 29.2 Å². The minimum atomic E-state index is -0.884. The molecule has 19 heavy (non-hydrogen) atoms. The summed E-state index contributed by atoms with van der Waals surface area (Å²) in [4.78, 5) is 10.1. The van der Waals surface area contributed by atoms with E-state index >= 15 is 0 Å². The molecular weight excluding hydrogens is 253 g/mol. The van der Waals surface area contributed by atoms with E-state index in [0.29, 0.717) is 0 Å². The largest absolute Gasteiger partial charge is 0.394 e. The molecule has 1 aromatic rings. The fraction of sp³-hybridized carbons (Fsp3) is 0.417. The first kappa shape index (κ1) is 14.9. The van der Waals surface area contributed by atoms with Crippen molar-refractivity contribution >= 4 is 11.4 Å². The van der Waals surface area contributed by atoms with Gasteiger partial charge in [-0.25, -0.2) is 4.39 Å². The van der Waals surface area contributed by atoms with Crippen molar-refractivity contribution in [1.82, 2.24) is 0 Å². The molecule has 102 valence electrons. The molecule has 1 rings (SSSR count). The van der Waals surface area contributed by atoms with Gasteiger partial charge in [-0.05, 0) is 12.0 Å². The van der Waals surface area contributed by atoms with E-state index in [2.05, 4.69) is 5.32 Å². The quantitative estimate of drug-likeness (QED) is 0.628. The van der Waals surface area contributed by atoms with Crippen LogP contribution in [0.4, 0.5) is 15.8 Å². The molecule has 0 aliphatic carbocycles. The summed E-state index contributed by atoms with van der Waals surface area (Å²) in [6.07, 6.45) is 0. The number of nitriles is 1. The minimum absolute atomic E-state index is 0.0420. The van der Waals surface area contributed by atoms with E-state index in [4.69, 9.17) is 5.26 Å². The van der Waals surface area contributed by atoms with Crippen LogP contribution in [0.25, 0.3) is 0 Å². The molecule has 0 radical (unpaired) electrons. The highest BCUT2D eigenvalue weighted by Gasteiger charge is 2.23. The number of anilines is 1. The van der Waals surface area contributed by atoms with Crippen molar-refractivity contribution < 1.29 is 14.4 Å². The maximum atomic E-state index is 13.8. The summed E-state index contributed by atoms with van der Waals surface area (Å²) in [6, 6.07) is 3.07. The van der Waals surface area contributed by atoms with Crippen LogP contribution in [0.1, 0.15) is 19.4 Å². The number of nitro benzene ring substituents is 1. The highest BCUT2D eigenvalue weighted by atomic mass is 19.1. The Morgan fingerprint density at radius 1 is 1.58 bits per heavy atom. The van der Waals surface area contributed by atoms with Gasteiger partial charge >= 0.3 is 0 Å². The standard InChI is InChI=1S/C12H14FN3O3/c1-7(2)10(6-17)15-12-9(13)3-8(5-14)4-11(12)16(18)19/h3-4,7,10,15,17H,6H2,1-2H3/t10-/m1/s1. The van der Waals surface area contributed by atoms with Gasteiger partial charge in [-0.2, -0.15) is 5.26 Å². The summed E-state index contributed by atoms with van der Waals surface area (Å²) in [5.74, 6) is -0.926. The Hall–Kier alpha value is -2.20. The number of nitro groups is 1. The van der Waals surface area contributed by atoms with Crippen LogP contribution >= 0.6 is 0 Å². The summed E-state index contributed by atoms with van der Waals surface area (Å²) in [5.41, 5.74) is -0.952. The second-order valence-electron chi connectivity index (χ2n) is 4.40. The fourth-order valence-electron chi connectivity index (χ4n) is 1.55. The van der Waals surface area contributed by atoms with Crippen molar-refractivity contribution in [2.24, 2.45) is 5.92 Å². The monoisotopic (exact) mass is 267 g/mol. The lowest BCUT2D eigenvalue weighted by Crippen LogP contribution is -2.30. The van der Waals surface area contributed by atoms with Gasteiger partial charge in [-0.15, -0.1) is 0 Å². The molecule has 6 nitrogen and oxygen atoms in total. The van der Waals surface area contributed by atoms with Crippen LogP contribution in [0.15, 0.2) is 12.1 Å². The Labute approximate surface area is 109 Å². The van der Waals surface area contributed by atoms with Gasteiger partial charge in [-0.3, -0.25) is 10.1 Å². The van der Waals surface area contributed by atoms with Crippen LogP contribution in [0.3, 0.4) is 0 Å². The summed E-state index contributed by atoms with van der Waals surface area (Å²) in [6.45, 7) is 3.30. The van der Waals surface area contributed by atoms with Crippen LogP contribution in [0.2, 0.25) is 0 Å². The molecule has 0 bridgehead atoms. The highest BCUT2D eigenvalue weighted by molar-refractivity contribution is 5.65. The molecule has 0 aromatic heterocycles. The molecule has 0 fully saturated rings. The van der Waals surface area contributed by atoms with E-state index in [1.165, 1.54) is 0 Å². The first-order valence-electron chi connectivity index (χ1n) is 5.66. The molecule has 1 aromatic carbocycles. The molecule has 0 unspecified atom stereocenters. The molecule has 1 atom stereocenters. The van der Waals surface area contributed by atoms with Gasteiger partial charge < -0.3 is 10.4 Å². The Balaban J connectivity index is 3.26. The zero-order valence-corrected chi connectivity index (χ0v) is 10.6. The van der Waals surface area contributed by atoms with E-state index in [-0.39, 0.29) is 23.8 Å². The molecule has 0 saturated heterocycles. The number of aliphatic hydroxyl groups is 1. The molecule has 0 spiro atoms. The average Bonchev–Trinajstić information content (AvgIpc) is 2.35. The Morgan fingerprint density at radius 2 is 2.21 bits per heavy atom. The molecule has 0 aliphatic rings. The fourth-order valence-corrected chi connectivity index (χ4v) is 1.55. The van der Waals surface area contributed by atoms with E-state index in [0.717, 1.165) is 12.1 Å². The smallest absolute Gasteiger partial charge is 0.296 e. The third-order valence-corrected chi connectivity index (χ3v) is 2.73. The predicted octanol–water partition coefficient (Wildman–Crippen LogP) is 2.03. The van der Waals surface area contributed by atoms with Crippen molar-refractivity contribution in [2.75, 3.05) is 11.9 Å². The Bertz CT molecular complexity index is 526. The maximum absolute atomic E-state index is 13.8. The molecule has 0 saturated carbocycles. The van der Waals surface area contributed by atoms with Crippen LogP contribution in [0, 0.1) is 33.2 Å². The SMILES string of the molecule is CC(C)[C@@H](CO)Nc1c(F)cc(C#N)cc1[N+](=O)[O-]. The first-order valence-corrected chi connectivity index (χ1v) is 5.66. The van der Waals surface area contributed by atoms with Gasteiger partial charge in [0.2, 0.25) is 0 Å². The highest BCUT2D eigenvalue weighted by Crippen LogP contribution is 2.30. The lowest BCUT2D eigenvalue weighted by atomic mass is 10.0. The van der Waals surface area contributed by atoms with Crippen molar-refractivity contribution in [3.05, 3.63) is 33.6 Å². The second kappa shape index (κ2) is 6.11. The van der Waals surface area contributed by atoms with Crippen molar-refractivity contribution in [2.45, 2.75) is 19.9 Å². The minimum Gasteiger partial charge on any atom is -0.394 e. The third-order valence-electron chi connectivity index (χ3n) is 2.73. The number of halogens is 1. The molecule has 7 heteroatoms.